The highest BCUT2D eigenvalue weighted by Gasteiger charge is 2.30. The topological polar surface area (TPSA) is 56.0 Å². The Morgan fingerprint density at radius 1 is 1.07 bits per heavy atom. The van der Waals surface area contributed by atoms with Crippen LogP contribution in [-0.4, -0.2) is 36.7 Å². The molecule has 6 nitrogen and oxygen atoms in total. The predicted molar refractivity (Wildman–Crippen MR) is 112 cm³/mol. The Morgan fingerprint density at radius 2 is 1.83 bits per heavy atom. The molecule has 3 heterocycles. The first-order valence-electron chi connectivity index (χ1n) is 9.91. The van der Waals surface area contributed by atoms with Crippen LogP contribution in [0.15, 0.2) is 60.8 Å². The standard InChI is InChI=1S/C23H23N5O/c1-16-13-27(23(29)19-14-26(2)20-11-7-6-10-18(19)20)15-22-25-24-21(28(16)22)12-17-8-4-3-5-9-17/h3-11,14,16H,12-13,15H2,1-2H3/t16-/m0/s1. The van der Waals surface area contributed by atoms with Crippen molar-refractivity contribution in [3.8, 4) is 0 Å². The van der Waals surface area contributed by atoms with E-state index in [4.69, 9.17) is 0 Å². The van der Waals surface area contributed by atoms with Gasteiger partial charge in [0.15, 0.2) is 5.82 Å². The van der Waals surface area contributed by atoms with Crippen molar-refractivity contribution < 1.29 is 4.79 Å². The van der Waals surface area contributed by atoms with E-state index in [1.54, 1.807) is 0 Å². The van der Waals surface area contributed by atoms with Crippen molar-refractivity contribution in [3.05, 3.63) is 83.6 Å². The number of para-hydroxylation sites is 1. The number of amides is 1. The summed E-state index contributed by atoms with van der Waals surface area (Å²) >= 11 is 0. The fourth-order valence-corrected chi connectivity index (χ4v) is 4.35. The van der Waals surface area contributed by atoms with Gasteiger partial charge in [0.05, 0.1) is 18.2 Å². The summed E-state index contributed by atoms with van der Waals surface area (Å²) in [5.41, 5.74) is 3.02. The lowest BCUT2D eigenvalue weighted by molar-refractivity contribution is 0.0681. The van der Waals surface area contributed by atoms with Crippen LogP contribution in [0.1, 0.15) is 40.5 Å². The van der Waals surface area contributed by atoms with Crippen LogP contribution in [-0.2, 0) is 20.0 Å². The van der Waals surface area contributed by atoms with E-state index in [0.29, 0.717) is 13.1 Å². The Hall–Kier alpha value is -3.41. The molecule has 6 heteroatoms. The van der Waals surface area contributed by atoms with Crippen LogP contribution in [0.2, 0.25) is 0 Å². The van der Waals surface area contributed by atoms with Crippen molar-refractivity contribution in [1.29, 1.82) is 0 Å². The van der Waals surface area contributed by atoms with Gasteiger partial charge in [0.25, 0.3) is 5.91 Å². The van der Waals surface area contributed by atoms with Crippen molar-refractivity contribution in [2.45, 2.75) is 25.9 Å². The second kappa shape index (κ2) is 6.88. The zero-order valence-electron chi connectivity index (χ0n) is 16.6. The van der Waals surface area contributed by atoms with Crippen LogP contribution < -0.4 is 0 Å². The second-order valence-corrected chi connectivity index (χ2v) is 7.77. The smallest absolute Gasteiger partial charge is 0.256 e. The van der Waals surface area contributed by atoms with E-state index in [2.05, 4.69) is 33.8 Å². The molecule has 2 aromatic heterocycles. The zero-order valence-corrected chi connectivity index (χ0v) is 16.6. The van der Waals surface area contributed by atoms with Crippen molar-refractivity contribution in [2.75, 3.05) is 6.54 Å². The molecule has 1 aliphatic rings. The number of hydrogen-bond acceptors (Lipinski definition) is 3. The van der Waals surface area contributed by atoms with Gasteiger partial charge in [-0.15, -0.1) is 10.2 Å². The normalized spacial score (nSPS) is 16.2. The van der Waals surface area contributed by atoms with Gasteiger partial charge in [0.2, 0.25) is 0 Å². The zero-order chi connectivity index (χ0) is 20.0. The van der Waals surface area contributed by atoms with Crippen molar-refractivity contribution >= 4 is 16.8 Å². The van der Waals surface area contributed by atoms with E-state index in [0.717, 1.165) is 34.5 Å². The molecule has 0 N–H and O–H groups in total. The molecule has 4 aromatic rings. The summed E-state index contributed by atoms with van der Waals surface area (Å²) in [7, 11) is 1.98. The lowest BCUT2D eigenvalue weighted by atomic mass is 10.1. The van der Waals surface area contributed by atoms with Crippen molar-refractivity contribution in [1.82, 2.24) is 24.2 Å². The van der Waals surface area contributed by atoms with Crippen LogP contribution in [0.25, 0.3) is 10.9 Å². The minimum Gasteiger partial charge on any atom is -0.350 e. The van der Waals surface area contributed by atoms with Crippen LogP contribution in [0, 0.1) is 0 Å². The molecular weight excluding hydrogens is 362 g/mol. The van der Waals surface area contributed by atoms with Crippen LogP contribution >= 0.6 is 0 Å². The predicted octanol–water partition coefficient (Wildman–Crippen LogP) is 3.58. The summed E-state index contributed by atoms with van der Waals surface area (Å²) in [6.45, 7) is 3.26. The van der Waals surface area contributed by atoms with Crippen LogP contribution in [0.4, 0.5) is 0 Å². The van der Waals surface area contributed by atoms with Crippen LogP contribution in [0.3, 0.4) is 0 Å². The molecule has 1 amide bonds. The fourth-order valence-electron chi connectivity index (χ4n) is 4.35. The highest BCUT2D eigenvalue weighted by atomic mass is 16.2. The first kappa shape index (κ1) is 17.7. The summed E-state index contributed by atoms with van der Waals surface area (Å²) in [5.74, 6) is 1.85. The maximum absolute atomic E-state index is 13.3. The van der Waals surface area contributed by atoms with Gasteiger partial charge in [-0.2, -0.15) is 0 Å². The Bertz CT molecular complexity index is 1190. The molecule has 5 rings (SSSR count). The summed E-state index contributed by atoms with van der Waals surface area (Å²) < 4.78 is 4.20. The molecule has 0 spiro atoms. The van der Waals surface area contributed by atoms with Gasteiger partial charge in [0.1, 0.15) is 5.82 Å². The Kier molecular flexibility index (Phi) is 4.19. The second-order valence-electron chi connectivity index (χ2n) is 7.77. The lowest BCUT2D eigenvalue weighted by Gasteiger charge is -2.32. The SMILES string of the molecule is C[C@H]1CN(C(=O)c2cn(C)c3ccccc23)Cc2nnc(Cc3ccccc3)n21. The number of rotatable bonds is 3. The molecular formula is C23H23N5O. The molecule has 2 aromatic carbocycles. The number of hydrogen-bond donors (Lipinski definition) is 0. The molecule has 0 unspecified atom stereocenters. The first-order valence-corrected chi connectivity index (χ1v) is 9.91. The number of fused-ring (bicyclic) bond motifs is 2. The number of aromatic nitrogens is 4. The number of nitrogens with zero attached hydrogens (tertiary/aromatic N) is 5. The third-order valence-corrected chi connectivity index (χ3v) is 5.71. The van der Waals surface area contributed by atoms with Gasteiger partial charge in [-0.3, -0.25) is 4.79 Å². The number of aryl methyl sites for hydroxylation is 1. The molecule has 1 aliphatic heterocycles. The Morgan fingerprint density at radius 3 is 2.66 bits per heavy atom. The molecule has 146 valence electrons. The van der Waals surface area contributed by atoms with E-state index in [1.165, 1.54) is 5.56 Å². The summed E-state index contributed by atoms with van der Waals surface area (Å²) in [4.78, 5) is 15.2. The van der Waals surface area contributed by atoms with Crippen LogP contribution in [0.5, 0.6) is 0 Å². The number of carbonyl (C=O) groups is 1. The average Bonchev–Trinajstić information content (AvgIpc) is 3.30. The highest BCUT2D eigenvalue weighted by molar-refractivity contribution is 6.07. The minimum atomic E-state index is 0.0486. The van der Waals surface area contributed by atoms with Gasteiger partial charge in [-0.1, -0.05) is 48.5 Å². The van der Waals surface area contributed by atoms with E-state index in [1.807, 2.05) is 65.2 Å². The maximum Gasteiger partial charge on any atom is 0.256 e. The van der Waals surface area contributed by atoms with E-state index < -0.39 is 0 Å². The third kappa shape index (κ3) is 3.01. The maximum atomic E-state index is 13.3. The molecule has 0 bridgehead atoms. The highest BCUT2D eigenvalue weighted by Crippen LogP contribution is 2.27. The first-order chi connectivity index (χ1) is 14.1. The Balaban J connectivity index is 1.43. The van der Waals surface area contributed by atoms with Crippen molar-refractivity contribution in [3.63, 3.8) is 0 Å². The Labute approximate surface area is 169 Å². The molecule has 0 aliphatic carbocycles. The monoisotopic (exact) mass is 385 g/mol. The molecule has 0 saturated carbocycles. The fraction of sp³-hybridized carbons (Fsp3) is 0.261. The van der Waals surface area contributed by atoms with E-state index in [9.17, 15) is 4.79 Å². The molecule has 0 radical (unpaired) electrons. The summed E-state index contributed by atoms with van der Waals surface area (Å²) in [6, 6.07) is 18.5. The van der Waals surface area contributed by atoms with Gasteiger partial charge in [0, 0.05) is 37.1 Å². The lowest BCUT2D eigenvalue weighted by Crippen LogP contribution is -2.40. The van der Waals surface area contributed by atoms with Crippen molar-refractivity contribution in [2.24, 2.45) is 7.05 Å². The number of benzene rings is 2. The molecule has 0 fully saturated rings. The summed E-state index contributed by atoms with van der Waals surface area (Å²) in [5, 5.41) is 9.84. The van der Waals surface area contributed by atoms with Gasteiger partial charge < -0.3 is 14.0 Å². The van der Waals surface area contributed by atoms with Gasteiger partial charge in [-0.25, -0.2) is 0 Å². The minimum absolute atomic E-state index is 0.0486. The molecule has 0 saturated heterocycles. The van der Waals surface area contributed by atoms with Gasteiger partial charge >= 0.3 is 0 Å². The van der Waals surface area contributed by atoms with E-state index in [-0.39, 0.29) is 11.9 Å². The van der Waals surface area contributed by atoms with E-state index >= 15 is 0 Å². The third-order valence-electron chi connectivity index (χ3n) is 5.71. The average molecular weight is 385 g/mol. The summed E-state index contributed by atoms with van der Waals surface area (Å²) in [6.07, 6.45) is 2.67. The largest absolute Gasteiger partial charge is 0.350 e. The molecule has 1 atom stereocenters. The molecule has 29 heavy (non-hydrogen) atoms. The number of carbonyl (C=O) groups excluding carboxylic acids is 1. The van der Waals surface area contributed by atoms with Gasteiger partial charge in [-0.05, 0) is 18.6 Å². The quantitative estimate of drug-likeness (QED) is 0.542.